The minimum Gasteiger partial charge on any atom is -0.309 e. The fourth-order valence-corrected chi connectivity index (χ4v) is 3.82. The zero-order valence-corrected chi connectivity index (χ0v) is 15.0. The molecule has 120 valence electrons. The lowest BCUT2D eigenvalue weighted by atomic mass is 10.1. The van der Waals surface area contributed by atoms with Gasteiger partial charge in [0, 0.05) is 42.7 Å². The molecule has 0 aliphatic carbocycles. The van der Waals surface area contributed by atoms with Crippen LogP contribution in [0.1, 0.15) is 25.1 Å². The lowest BCUT2D eigenvalue weighted by Crippen LogP contribution is -2.53. The van der Waals surface area contributed by atoms with E-state index in [-0.39, 0.29) is 12.4 Å². The van der Waals surface area contributed by atoms with Gasteiger partial charge >= 0.3 is 0 Å². The highest BCUT2D eigenvalue weighted by Gasteiger charge is 2.21. The van der Waals surface area contributed by atoms with Gasteiger partial charge in [0.25, 0.3) is 0 Å². The van der Waals surface area contributed by atoms with Gasteiger partial charge in [-0.3, -0.25) is 4.90 Å². The van der Waals surface area contributed by atoms with E-state index in [0.717, 1.165) is 24.6 Å². The van der Waals surface area contributed by atoms with E-state index in [1.807, 2.05) is 0 Å². The van der Waals surface area contributed by atoms with Crippen molar-refractivity contribution < 1.29 is 0 Å². The molecular weight excluding hydrogens is 314 g/mol. The third-order valence-corrected chi connectivity index (χ3v) is 4.81. The maximum Gasteiger partial charge on any atom is 0.123 e. The lowest BCUT2D eigenvalue weighted by molar-refractivity contribution is 0.165. The molecule has 2 atom stereocenters. The lowest BCUT2D eigenvalue weighted by Gasteiger charge is -2.35. The Morgan fingerprint density at radius 1 is 1.18 bits per heavy atom. The fourth-order valence-electron chi connectivity index (χ4n) is 3.01. The first kappa shape index (κ1) is 17.4. The second kappa shape index (κ2) is 7.55. The number of hydrogen-bond donors (Lipinski definition) is 1. The maximum absolute atomic E-state index is 4.81. The average molecular weight is 338 g/mol. The van der Waals surface area contributed by atoms with Crippen molar-refractivity contribution in [3.63, 3.8) is 0 Å². The number of nitrogens with one attached hydrogen (secondary N) is 1. The maximum atomic E-state index is 4.81. The highest BCUT2D eigenvalue weighted by molar-refractivity contribution is 7.13. The number of thiazole rings is 1. The van der Waals surface area contributed by atoms with Crippen LogP contribution in [0.3, 0.4) is 0 Å². The number of aryl methyl sites for hydroxylation is 1. The largest absolute Gasteiger partial charge is 0.309 e. The molecule has 0 radical (unpaired) electrons. The summed E-state index contributed by atoms with van der Waals surface area (Å²) in [5.41, 5.74) is 3.70. The van der Waals surface area contributed by atoms with Crippen molar-refractivity contribution >= 4 is 23.7 Å². The summed E-state index contributed by atoms with van der Waals surface area (Å²) < 4.78 is 0. The van der Waals surface area contributed by atoms with Crippen LogP contribution in [0.5, 0.6) is 0 Å². The average Bonchev–Trinajstić information content (AvgIpc) is 2.87. The molecule has 3 nitrogen and oxygen atoms in total. The molecule has 2 aromatic rings. The fraction of sp³-hybridized carbons (Fsp3) is 0.471. The van der Waals surface area contributed by atoms with E-state index in [2.05, 4.69) is 60.6 Å². The Kier molecular flexibility index (Phi) is 5.98. The van der Waals surface area contributed by atoms with Crippen LogP contribution >= 0.6 is 23.7 Å². The molecule has 1 saturated heterocycles. The number of nitrogens with zero attached hydrogens (tertiary/aromatic N) is 2. The number of halogens is 1. The number of piperazine rings is 1. The predicted octanol–water partition coefficient (Wildman–Crippen LogP) is 3.72. The van der Waals surface area contributed by atoms with Gasteiger partial charge in [0.15, 0.2) is 0 Å². The van der Waals surface area contributed by atoms with E-state index in [4.69, 9.17) is 4.98 Å². The first-order valence-electron chi connectivity index (χ1n) is 7.60. The smallest absolute Gasteiger partial charge is 0.123 e. The van der Waals surface area contributed by atoms with Crippen LogP contribution in [0.15, 0.2) is 29.6 Å². The van der Waals surface area contributed by atoms with Gasteiger partial charge in [-0.05, 0) is 20.8 Å². The van der Waals surface area contributed by atoms with E-state index in [1.54, 1.807) is 11.3 Å². The SMILES string of the molecule is Cc1ccc(-c2nc(CN3CC(C)NC(C)C3)cs2)cc1.Cl. The van der Waals surface area contributed by atoms with Gasteiger partial charge in [-0.2, -0.15) is 0 Å². The Labute approximate surface area is 143 Å². The molecule has 1 aliphatic rings. The minimum absolute atomic E-state index is 0. The second-order valence-corrected chi connectivity index (χ2v) is 7.03. The Hall–Kier alpha value is -0.940. The summed E-state index contributed by atoms with van der Waals surface area (Å²) in [6.07, 6.45) is 0. The molecule has 0 spiro atoms. The zero-order valence-electron chi connectivity index (χ0n) is 13.4. The topological polar surface area (TPSA) is 28.2 Å². The molecule has 5 heteroatoms. The van der Waals surface area contributed by atoms with Crippen molar-refractivity contribution in [2.24, 2.45) is 0 Å². The number of aromatic nitrogens is 1. The molecule has 1 aromatic heterocycles. The van der Waals surface area contributed by atoms with Crippen LogP contribution in [-0.4, -0.2) is 35.1 Å². The van der Waals surface area contributed by atoms with Crippen molar-refractivity contribution in [2.45, 2.75) is 39.4 Å². The van der Waals surface area contributed by atoms with Crippen LogP contribution in [0.4, 0.5) is 0 Å². The highest BCUT2D eigenvalue weighted by atomic mass is 35.5. The summed E-state index contributed by atoms with van der Waals surface area (Å²) in [6, 6.07) is 9.74. The van der Waals surface area contributed by atoms with Crippen molar-refractivity contribution in [3.8, 4) is 10.6 Å². The van der Waals surface area contributed by atoms with Gasteiger partial charge in [-0.25, -0.2) is 4.98 Å². The second-order valence-electron chi connectivity index (χ2n) is 6.17. The molecule has 1 fully saturated rings. The number of benzene rings is 1. The molecule has 0 saturated carbocycles. The molecule has 22 heavy (non-hydrogen) atoms. The van der Waals surface area contributed by atoms with Crippen molar-refractivity contribution in [1.29, 1.82) is 0 Å². The third-order valence-electron chi connectivity index (χ3n) is 3.87. The Morgan fingerprint density at radius 3 is 2.45 bits per heavy atom. The van der Waals surface area contributed by atoms with E-state index >= 15 is 0 Å². The number of hydrogen-bond acceptors (Lipinski definition) is 4. The molecule has 1 N–H and O–H groups in total. The normalized spacial score (nSPS) is 22.3. The summed E-state index contributed by atoms with van der Waals surface area (Å²) in [6.45, 7) is 9.77. The summed E-state index contributed by atoms with van der Waals surface area (Å²) in [7, 11) is 0. The standard InChI is InChI=1S/C17H23N3S.ClH/c1-12-4-6-15(7-5-12)17-19-16(11-21-17)10-20-8-13(2)18-14(3)9-20;/h4-7,11,13-14,18H,8-10H2,1-3H3;1H. The Bertz CT molecular complexity index is 586. The van der Waals surface area contributed by atoms with Crippen LogP contribution in [0, 0.1) is 6.92 Å². The van der Waals surface area contributed by atoms with Crippen LogP contribution in [0.25, 0.3) is 10.6 Å². The molecule has 3 rings (SSSR count). The summed E-state index contributed by atoms with van der Waals surface area (Å²) >= 11 is 1.75. The molecule has 2 heterocycles. The molecular formula is C17H24ClN3S. The van der Waals surface area contributed by atoms with Gasteiger partial charge in [0.2, 0.25) is 0 Å². The van der Waals surface area contributed by atoms with Gasteiger partial charge in [-0.15, -0.1) is 23.7 Å². The van der Waals surface area contributed by atoms with Crippen molar-refractivity contribution in [3.05, 3.63) is 40.9 Å². The summed E-state index contributed by atoms with van der Waals surface area (Å²) in [5, 5.41) is 6.90. The minimum atomic E-state index is 0. The molecule has 1 aliphatic heterocycles. The van der Waals surface area contributed by atoms with Crippen molar-refractivity contribution in [1.82, 2.24) is 15.2 Å². The van der Waals surface area contributed by atoms with E-state index in [1.165, 1.54) is 16.8 Å². The predicted molar refractivity (Wildman–Crippen MR) is 96.9 cm³/mol. The third kappa shape index (κ3) is 4.29. The van der Waals surface area contributed by atoms with E-state index in [0.29, 0.717) is 12.1 Å². The molecule has 2 unspecified atom stereocenters. The van der Waals surface area contributed by atoms with Gasteiger partial charge < -0.3 is 5.32 Å². The summed E-state index contributed by atoms with van der Waals surface area (Å²) in [5.74, 6) is 0. The summed E-state index contributed by atoms with van der Waals surface area (Å²) in [4.78, 5) is 7.31. The van der Waals surface area contributed by atoms with Crippen LogP contribution in [-0.2, 0) is 6.54 Å². The van der Waals surface area contributed by atoms with Crippen molar-refractivity contribution in [2.75, 3.05) is 13.1 Å². The monoisotopic (exact) mass is 337 g/mol. The van der Waals surface area contributed by atoms with Crippen LogP contribution < -0.4 is 5.32 Å². The number of rotatable bonds is 3. The van der Waals surface area contributed by atoms with Crippen LogP contribution in [0.2, 0.25) is 0 Å². The first-order valence-corrected chi connectivity index (χ1v) is 8.48. The Balaban J connectivity index is 0.00000176. The van der Waals surface area contributed by atoms with Gasteiger partial charge in [0.05, 0.1) is 5.69 Å². The molecule has 0 amide bonds. The first-order chi connectivity index (χ1) is 10.1. The molecule has 1 aromatic carbocycles. The van der Waals surface area contributed by atoms with E-state index in [9.17, 15) is 0 Å². The highest BCUT2D eigenvalue weighted by Crippen LogP contribution is 2.24. The zero-order chi connectivity index (χ0) is 14.8. The Morgan fingerprint density at radius 2 is 1.82 bits per heavy atom. The molecule has 0 bridgehead atoms. The quantitative estimate of drug-likeness (QED) is 0.925. The van der Waals surface area contributed by atoms with Gasteiger partial charge in [0.1, 0.15) is 5.01 Å². The van der Waals surface area contributed by atoms with E-state index < -0.39 is 0 Å². The van der Waals surface area contributed by atoms with Gasteiger partial charge in [-0.1, -0.05) is 29.8 Å².